The van der Waals surface area contributed by atoms with Crippen molar-refractivity contribution in [2.75, 3.05) is 12.4 Å². The van der Waals surface area contributed by atoms with Crippen LogP contribution in [-0.4, -0.2) is 18.3 Å². The SMILES string of the molecule is O=C(NCC1(CCl)CC1)c1ccc(F)c2ccccc12. The minimum absolute atomic E-state index is 0.0764. The van der Waals surface area contributed by atoms with Crippen LogP contribution < -0.4 is 5.32 Å². The van der Waals surface area contributed by atoms with E-state index in [1.807, 2.05) is 0 Å². The van der Waals surface area contributed by atoms with E-state index >= 15 is 0 Å². The van der Waals surface area contributed by atoms with Gasteiger partial charge in [-0.2, -0.15) is 0 Å². The van der Waals surface area contributed by atoms with E-state index in [2.05, 4.69) is 5.32 Å². The molecule has 1 aliphatic rings. The molecule has 2 aromatic carbocycles. The first-order valence-electron chi connectivity index (χ1n) is 6.67. The van der Waals surface area contributed by atoms with Crippen LogP contribution in [0.4, 0.5) is 4.39 Å². The second-order valence-corrected chi connectivity index (χ2v) is 5.72. The highest BCUT2D eigenvalue weighted by molar-refractivity contribution is 6.18. The maximum Gasteiger partial charge on any atom is 0.251 e. The summed E-state index contributed by atoms with van der Waals surface area (Å²) in [5.74, 6) is 0.0893. The lowest BCUT2D eigenvalue weighted by Crippen LogP contribution is -2.31. The van der Waals surface area contributed by atoms with Gasteiger partial charge in [0.25, 0.3) is 5.91 Å². The van der Waals surface area contributed by atoms with Crippen molar-refractivity contribution in [1.29, 1.82) is 0 Å². The van der Waals surface area contributed by atoms with Gasteiger partial charge in [0.05, 0.1) is 0 Å². The molecule has 0 spiro atoms. The third kappa shape index (κ3) is 2.38. The maximum atomic E-state index is 13.7. The molecule has 0 aliphatic heterocycles. The number of carbonyl (C=O) groups excluding carboxylic acids is 1. The minimum atomic E-state index is -0.309. The summed E-state index contributed by atoms with van der Waals surface area (Å²) in [6.45, 7) is 0.584. The molecule has 0 atom stereocenters. The largest absolute Gasteiger partial charge is 0.351 e. The van der Waals surface area contributed by atoms with Crippen molar-refractivity contribution in [3.8, 4) is 0 Å². The lowest BCUT2D eigenvalue weighted by molar-refractivity contribution is 0.0948. The normalized spacial score (nSPS) is 16.1. The molecule has 3 rings (SSSR count). The zero-order valence-corrected chi connectivity index (χ0v) is 11.7. The van der Waals surface area contributed by atoms with Crippen molar-refractivity contribution in [2.45, 2.75) is 12.8 Å². The maximum absolute atomic E-state index is 13.7. The fraction of sp³-hybridized carbons (Fsp3) is 0.312. The smallest absolute Gasteiger partial charge is 0.251 e. The van der Waals surface area contributed by atoms with Crippen molar-refractivity contribution in [2.24, 2.45) is 5.41 Å². The monoisotopic (exact) mass is 291 g/mol. The molecule has 1 N–H and O–H groups in total. The molecule has 0 radical (unpaired) electrons. The summed E-state index contributed by atoms with van der Waals surface area (Å²) < 4.78 is 13.7. The van der Waals surface area contributed by atoms with Crippen molar-refractivity contribution >= 4 is 28.3 Å². The van der Waals surface area contributed by atoms with E-state index < -0.39 is 0 Å². The molecule has 0 saturated heterocycles. The van der Waals surface area contributed by atoms with Crippen LogP contribution in [0.15, 0.2) is 36.4 Å². The molecule has 1 aliphatic carbocycles. The second-order valence-electron chi connectivity index (χ2n) is 5.46. The van der Waals surface area contributed by atoms with E-state index in [4.69, 9.17) is 11.6 Å². The van der Waals surface area contributed by atoms with Gasteiger partial charge in [0.1, 0.15) is 5.82 Å². The first-order chi connectivity index (χ1) is 9.65. The van der Waals surface area contributed by atoms with Crippen LogP contribution in [0.25, 0.3) is 10.8 Å². The Morgan fingerprint density at radius 2 is 1.90 bits per heavy atom. The van der Waals surface area contributed by atoms with E-state index in [1.54, 1.807) is 24.3 Å². The summed E-state index contributed by atoms with van der Waals surface area (Å²) in [5, 5.41) is 4.03. The van der Waals surface area contributed by atoms with Gasteiger partial charge in [0.15, 0.2) is 0 Å². The topological polar surface area (TPSA) is 29.1 Å². The fourth-order valence-corrected chi connectivity index (χ4v) is 2.72. The van der Waals surface area contributed by atoms with Gasteiger partial charge in [-0.25, -0.2) is 4.39 Å². The minimum Gasteiger partial charge on any atom is -0.351 e. The van der Waals surface area contributed by atoms with E-state index in [1.165, 1.54) is 12.1 Å². The van der Waals surface area contributed by atoms with Gasteiger partial charge in [-0.1, -0.05) is 24.3 Å². The van der Waals surface area contributed by atoms with E-state index in [-0.39, 0.29) is 17.1 Å². The average molecular weight is 292 g/mol. The van der Waals surface area contributed by atoms with Gasteiger partial charge in [0.2, 0.25) is 0 Å². The number of hydrogen-bond donors (Lipinski definition) is 1. The Bertz CT molecular complexity index is 667. The van der Waals surface area contributed by atoms with E-state index in [0.717, 1.165) is 12.8 Å². The molecule has 0 heterocycles. The van der Waals surface area contributed by atoms with Gasteiger partial charge >= 0.3 is 0 Å². The van der Waals surface area contributed by atoms with Gasteiger partial charge in [-0.3, -0.25) is 4.79 Å². The number of carbonyl (C=O) groups is 1. The van der Waals surface area contributed by atoms with Crippen LogP contribution in [0.2, 0.25) is 0 Å². The summed E-state index contributed by atoms with van der Waals surface area (Å²) in [6.07, 6.45) is 2.11. The predicted molar refractivity (Wildman–Crippen MR) is 78.6 cm³/mol. The summed E-state index contributed by atoms with van der Waals surface area (Å²) in [6, 6.07) is 9.89. The molecule has 1 amide bonds. The van der Waals surface area contributed by atoms with Crippen molar-refractivity contribution in [3.05, 3.63) is 47.8 Å². The van der Waals surface area contributed by atoms with Crippen LogP contribution in [0.3, 0.4) is 0 Å². The Morgan fingerprint density at radius 3 is 2.55 bits per heavy atom. The number of amides is 1. The van der Waals surface area contributed by atoms with Crippen molar-refractivity contribution < 1.29 is 9.18 Å². The second kappa shape index (κ2) is 5.06. The molecule has 4 heteroatoms. The van der Waals surface area contributed by atoms with E-state index in [9.17, 15) is 9.18 Å². The Hall–Kier alpha value is -1.61. The number of rotatable bonds is 4. The van der Waals surface area contributed by atoms with Crippen LogP contribution in [-0.2, 0) is 0 Å². The number of alkyl halides is 1. The van der Waals surface area contributed by atoms with Gasteiger partial charge in [0, 0.05) is 28.8 Å². The van der Waals surface area contributed by atoms with Gasteiger partial charge in [-0.15, -0.1) is 11.6 Å². The number of halogens is 2. The first kappa shape index (κ1) is 13.4. The zero-order valence-electron chi connectivity index (χ0n) is 11.0. The van der Waals surface area contributed by atoms with Crippen molar-refractivity contribution in [1.82, 2.24) is 5.32 Å². The molecule has 2 nitrogen and oxygen atoms in total. The molecule has 104 valence electrons. The molecule has 1 fully saturated rings. The van der Waals surface area contributed by atoms with E-state index in [0.29, 0.717) is 28.8 Å². The molecule has 0 unspecified atom stereocenters. The Morgan fingerprint density at radius 1 is 1.20 bits per heavy atom. The van der Waals surface area contributed by atoms with Crippen LogP contribution in [0.1, 0.15) is 23.2 Å². The first-order valence-corrected chi connectivity index (χ1v) is 7.20. The summed E-state index contributed by atoms with van der Waals surface area (Å²) in [5.41, 5.74) is 0.583. The third-order valence-corrected chi connectivity index (χ3v) is 4.55. The lowest BCUT2D eigenvalue weighted by Gasteiger charge is -2.13. The predicted octanol–water partition coefficient (Wildman–Crippen LogP) is 3.73. The molecule has 1 saturated carbocycles. The zero-order chi connectivity index (χ0) is 14.2. The lowest BCUT2D eigenvalue weighted by atomic mass is 10.0. The van der Waals surface area contributed by atoms with Gasteiger partial charge < -0.3 is 5.32 Å². The summed E-state index contributed by atoms with van der Waals surface area (Å²) in [4.78, 5) is 12.3. The van der Waals surface area contributed by atoms with Gasteiger partial charge in [-0.05, 0) is 30.4 Å². The molecule has 20 heavy (non-hydrogen) atoms. The van der Waals surface area contributed by atoms with Crippen LogP contribution in [0, 0.1) is 11.2 Å². The Kier molecular flexibility index (Phi) is 3.38. The standard InChI is InChI=1S/C16H15ClFNO/c17-9-16(7-8-16)10-19-15(20)13-5-6-14(18)12-4-2-1-3-11(12)13/h1-6H,7-10H2,(H,19,20). The Labute approximate surface area is 121 Å². The summed E-state index contributed by atoms with van der Waals surface area (Å²) in [7, 11) is 0. The van der Waals surface area contributed by atoms with Crippen molar-refractivity contribution in [3.63, 3.8) is 0 Å². The average Bonchev–Trinajstić information content (AvgIpc) is 3.26. The summed E-state index contributed by atoms with van der Waals surface area (Å²) >= 11 is 5.90. The molecule has 0 bridgehead atoms. The number of hydrogen-bond acceptors (Lipinski definition) is 1. The highest BCUT2D eigenvalue weighted by atomic mass is 35.5. The number of fused-ring (bicyclic) bond motifs is 1. The highest BCUT2D eigenvalue weighted by Gasteiger charge is 2.41. The quantitative estimate of drug-likeness (QED) is 0.855. The number of nitrogens with one attached hydrogen (secondary N) is 1. The molecular formula is C16H15ClFNO. The molecule has 0 aromatic heterocycles. The van der Waals surface area contributed by atoms with Crippen LogP contribution >= 0.6 is 11.6 Å². The molecular weight excluding hydrogens is 277 g/mol. The Balaban J connectivity index is 1.86. The highest BCUT2D eigenvalue weighted by Crippen LogP contribution is 2.45. The third-order valence-electron chi connectivity index (χ3n) is 3.98. The van der Waals surface area contributed by atoms with Crippen LogP contribution in [0.5, 0.6) is 0 Å². The molecule has 2 aromatic rings. The number of benzene rings is 2. The fourth-order valence-electron chi connectivity index (χ4n) is 2.36.